The number of para-hydroxylation sites is 1. The van der Waals surface area contributed by atoms with Gasteiger partial charge in [0.15, 0.2) is 0 Å². The molecule has 0 aliphatic heterocycles. The molecule has 2 N–H and O–H groups in total. The molecule has 1 fully saturated rings. The van der Waals surface area contributed by atoms with E-state index >= 15 is 0 Å². The summed E-state index contributed by atoms with van der Waals surface area (Å²) in [5, 5.41) is 5.09. The van der Waals surface area contributed by atoms with Crippen LogP contribution in [-0.2, 0) is 6.42 Å². The Morgan fingerprint density at radius 3 is 2.74 bits per heavy atom. The minimum Gasteiger partial charge on any atom is -0.361 e. The van der Waals surface area contributed by atoms with E-state index in [9.17, 15) is 0 Å². The van der Waals surface area contributed by atoms with Crippen molar-refractivity contribution in [3.05, 3.63) is 36.0 Å². The normalized spacial score (nSPS) is 16.4. The van der Waals surface area contributed by atoms with Crippen molar-refractivity contribution in [1.82, 2.24) is 10.3 Å². The largest absolute Gasteiger partial charge is 0.361 e. The molecule has 104 valence electrons. The molecule has 3 rings (SSSR count). The number of H-pyrrole nitrogens is 1. The zero-order chi connectivity index (χ0) is 12.2. The first-order valence-electron chi connectivity index (χ1n) is 7.22. The van der Waals surface area contributed by atoms with Crippen molar-refractivity contribution in [2.45, 2.75) is 44.6 Å². The summed E-state index contributed by atoms with van der Waals surface area (Å²) in [6.45, 7) is 1.10. The van der Waals surface area contributed by atoms with Crippen molar-refractivity contribution in [3.63, 3.8) is 0 Å². The number of aromatic amines is 1. The number of fused-ring (bicyclic) bond motifs is 1. The van der Waals surface area contributed by atoms with E-state index in [1.807, 2.05) is 0 Å². The average Bonchev–Trinajstić information content (AvgIpc) is 2.84. The molecule has 1 saturated carbocycles. The highest BCUT2D eigenvalue weighted by molar-refractivity contribution is 8.93. The topological polar surface area (TPSA) is 27.8 Å². The van der Waals surface area contributed by atoms with Gasteiger partial charge in [-0.25, -0.2) is 0 Å². The van der Waals surface area contributed by atoms with Gasteiger partial charge >= 0.3 is 0 Å². The van der Waals surface area contributed by atoms with Crippen molar-refractivity contribution in [1.29, 1.82) is 0 Å². The minimum absolute atomic E-state index is 0. The van der Waals surface area contributed by atoms with Gasteiger partial charge in [-0.2, -0.15) is 0 Å². The van der Waals surface area contributed by atoms with E-state index in [4.69, 9.17) is 0 Å². The lowest BCUT2D eigenvalue weighted by Gasteiger charge is -2.22. The smallest absolute Gasteiger partial charge is 0.0456 e. The molecule has 1 heterocycles. The van der Waals surface area contributed by atoms with Gasteiger partial charge in [0, 0.05) is 23.1 Å². The third-order valence-electron chi connectivity index (χ3n) is 4.11. The van der Waals surface area contributed by atoms with Gasteiger partial charge in [0.1, 0.15) is 0 Å². The summed E-state index contributed by atoms with van der Waals surface area (Å²) < 4.78 is 0. The molecule has 0 atom stereocenters. The molecule has 2 nitrogen and oxygen atoms in total. The molecule has 1 aromatic carbocycles. The Kier molecular flexibility index (Phi) is 5.46. The maximum absolute atomic E-state index is 3.71. The van der Waals surface area contributed by atoms with E-state index in [1.54, 1.807) is 0 Å². The lowest BCUT2D eigenvalue weighted by atomic mass is 9.95. The van der Waals surface area contributed by atoms with Gasteiger partial charge in [-0.05, 0) is 37.4 Å². The van der Waals surface area contributed by atoms with E-state index in [1.165, 1.54) is 48.6 Å². The van der Waals surface area contributed by atoms with E-state index in [0.29, 0.717) is 0 Å². The van der Waals surface area contributed by atoms with Gasteiger partial charge in [0.25, 0.3) is 0 Å². The monoisotopic (exact) mass is 322 g/mol. The minimum atomic E-state index is 0. The maximum atomic E-state index is 3.71. The Hall–Kier alpha value is -0.800. The highest BCUT2D eigenvalue weighted by Crippen LogP contribution is 2.19. The van der Waals surface area contributed by atoms with Crippen molar-refractivity contribution in [2.24, 2.45) is 0 Å². The zero-order valence-electron chi connectivity index (χ0n) is 11.3. The molecule has 0 spiro atoms. The standard InChI is InChI=1S/C16H22N2.BrH/c1-2-6-14(7-3-1)17-11-10-13-12-18-16-9-5-4-8-15(13)16;/h4-5,8-9,12,14,17-18H,1-3,6-7,10-11H2;1H. The molecular weight excluding hydrogens is 300 g/mol. The fraction of sp³-hybridized carbons (Fsp3) is 0.500. The predicted octanol–water partition coefficient (Wildman–Crippen LogP) is 4.21. The highest BCUT2D eigenvalue weighted by atomic mass is 79.9. The van der Waals surface area contributed by atoms with Crippen molar-refractivity contribution in [3.8, 4) is 0 Å². The van der Waals surface area contributed by atoms with E-state index in [-0.39, 0.29) is 17.0 Å². The fourth-order valence-electron chi connectivity index (χ4n) is 3.06. The van der Waals surface area contributed by atoms with Crippen LogP contribution < -0.4 is 5.32 Å². The first-order valence-corrected chi connectivity index (χ1v) is 7.22. The molecule has 0 saturated heterocycles. The van der Waals surface area contributed by atoms with Crippen LogP contribution in [0.4, 0.5) is 0 Å². The van der Waals surface area contributed by atoms with Gasteiger partial charge in [-0.15, -0.1) is 17.0 Å². The summed E-state index contributed by atoms with van der Waals surface area (Å²) in [7, 11) is 0. The van der Waals surface area contributed by atoms with Crippen LogP contribution in [0.1, 0.15) is 37.7 Å². The summed E-state index contributed by atoms with van der Waals surface area (Å²) in [5.41, 5.74) is 2.69. The first-order chi connectivity index (χ1) is 8.93. The highest BCUT2D eigenvalue weighted by Gasteiger charge is 2.12. The van der Waals surface area contributed by atoms with Crippen molar-refractivity contribution >= 4 is 27.9 Å². The number of halogens is 1. The summed E-state index contributed by atoms with van der Waals surface area (Å²) >= 11 is 0. The third kappa shape index (κ3) is 3.61. The first kappa shape index (κ1) is 14.6. The molecule has 0 unspecified atom stereocenters. The lowest BCUT2D eigenvalue weighted by molar-refractivity contribution is 0.376. The number of nitrogens with one attached hydrogen (secondary N) is 2. The number of hydrogen-bond acceptors (Lipinski definition) is 1. The van der Waals surface area contributed by atoms with Crippen LogP contribution in [0.3, 0.4) is 0 Å². The molecule has 1 aromatic heterocycles. The number of hydrogen-bond donors (Lipinski definition) is 2. The van der Waals surface area contributed by atoms with Crippen molar-refractivity contribution in [2.75, 3.05) is 6.54 Å². The molecule has 0 radical (unpaired) electrons. The van der Waals surface area contributed by atoms with E-state index < -0.39 is 0 Å². The molecule has 1 aliphatic rings. The second-order valence-corrected chi connectivity index (χ2v) is 5.40. The van der Waals surface area contributed by atoms with Gasteiger partial charge in [0.2, 0.25) is 0 Å². The van der Waals surface area contributed by atoms with Gasteiger partial charge in [-0.3, -0.25) is 0 Å². The van der Waals surface area contributed by atoms with Crippen molar-refractivity contribution < 1.29 is 0 Å². The number of rotatable bonds is 4. The molecule has 19 heavy (non-hydrogen) atoms. The Labute approximate surface area is 125 Å². The van der Waals surface area contributed by atoms with Crippen LogP contribution in [0, 0.1) is 0 Å². The van der Waals surface area contributed by atoms with Gasteiger partial charge in [0.05, 0.1) is 0 Å². The van der Waals surface area contributed by atoms with Crippen LogP contribution in [0.2, 0.25) is 0 Å². The summed E-state index contributed by atoms with van der Waals surface area (Å²) in [5.74, 6) is 0. The predicted molar refractivity (Wildman–Crippen MR) is 87.2 cm³/mol. The molecular formula is C16H23BrN2. The zero-order valence-corrected chi connectivity index (χ0v) is 13.0. The summed E-state index contributed by atoms with van der Waals surface area (Å²) in [6, 6.07) is 9.33. The van der Waals surface area contributed by atoms with Crippen LogP contribution in [0.25, 0.3) is 10.9 Å². The molecule has 0 bridgehead atoms. The van der Waals surface area contributed by atoms with E-state index in [2.05, 4.69) is 40.8 Å². The van der Waals surface area contributed by atoms with Crippen LogP contribution in [0.5, 0.6) is 0 Å². The SMILES string of the molecule is Br.c1ccc2c(CCNC3CCCCC3)c[nH]c2c1. The lowest BCUT2D eigenvalue weighted by Crippen LogP contribution is -2.32. The number of aromatic nitrogens is 1. The molecule has 0 amide bonds. The second-order valence-electron chi connectivity index (χ2n) is 5.40. The fourth-order valence-corrected chi connectivity index (χ4v) is 3.06. The summed E-state index contributed by atoms with van der Waals surface area (Å²) in [4.78, 5) is 3.35. The maximum Gasteiger partial charge on any atom is 0.0456 e. The Bertz CT molecular complexity index is 500. The summed E-state index contributed by atoms with van der Waals surface area (Å²) in [6.07, 6.45) is 10.3. The molecule has 1 aliphatic carbocycles. The Morgan fingerprint density at radius 2 is 1.89 bits per heavy atom. The average molecular weight is 323 g/mol. The molecule has 3 heteroatoms. The van der Waals surface area contributed by atoms with Gasteiger partial charge in [-0.1, -0.05) is 37.5 Å². The van der Waals surface area contributed by atoms with Crippen LogP contribution >= 0.6 is 17.0 Å². The van der Waals surface area contributed by atoms with Gasteiger partial charge < -0.3 is 10.3 Å². The second kappa shape index (κ2) is 7.11. The van der Waals surface area contributed by atoms with Crippen LogP contribution in [0.15, 0.2) is 30.5 Å². The Morgan fingerprint density at radius 1 is 1.11 bits per heavy atom. The van der Waals surface area contributed by atoms with Crippen LogP contribution in [-0.4, -0.2) is 17.6 Å². The quantitative estimate of drug-likeness (QED) is 0.867. The molecule has 2 aromatic rings. The van der Waals surface area contributed by atoms with E-state index in [0.717, 1.165) is 19.0 Å². The number of benzene rings is 1. The Balaban J connectivity index is 0.00000133. The third-order valence-corrected chi connectivity index (χ3v) is 4.11.